The minimum absolute atomic E-state index is 0.00522. The van der Waals surface area contributed by atoms with Crippen molar-refractivity contribution >= 4 is 16.8 Å². The molecule has 1 heterocycles. The Balaban J connectivity index is 2.13. The van der Waals surface area contributed by atoms with E-state index in [-0.39, 0.29) is 11.3 Å². The zero-order valence-electron chi connectivity index (χ0n) is 10.9. The van der Waals surface area contributed by atoms with Gasteiger partial charge in [0, 0.05) is 22.7 Å². The fraction of sp³-hybridized carbons (Fsp3) is 0.214. The van der Waals surface area contributed by atoms with E-state index >= 15 is 0 Å². The maximum absolute atomic E-state index is 12.2. The van der Waals surface area contributed by atoms with Crippen LogP contribution in [-0.2, 0) is 22.3 Å². The highest BCUT2D eigenvalue weighted by molar-refractivity contribution is 7.83. The number of carbonyl (C=O) groups is 1. The lowest BCUT2D eigenvalue weighted by Gasteiger charge is -2.07. The van der Waals surface area contributed by atoms with Crippen LogP contribution >= 0.6 is 0 Å². The third-order valence-corrected chi connectivity index (χ3v) is 4.13. The maximum atomic E-state index is 12.2. The first-order chi connectivity index (χ1) is 9.58. The summed E-state index contributed by atoms with van der Waals surface area (Å²) in [6.07, 6.45) is 2.50. The molecule has 1 atom stereocenters. The van der Waals surface area contributed by atoms with Crippen LogP contribution in [0.1, 0.15) is 27.2 Å². The number of aryl methyl sites for hydroxylation is 1. The number of nitrogens with zero attached hydrogens (tertiary/aromatic N) is 2. The highest BCUT2D eigenvalue weighted by Crippen LogP contribution is 2.13. The van der Waals surface area contributed by atoms with Crippen molar-refractivity contribution in [2.75, 3.05) is 0 Å². The van der Waals surface area contributed by atoms with E-state index in [0.717, 1.165) is 11.1 Å². The van der Waals surface area contributed by atoms with E-state index in [4.69, 9.17) is 5.11 Å². The van der Waals surface area contributed by atoms with E-state index in [1.54, 1.807) is 0 Å². The first kappa shape index (κ1) is 14.3. The molecule has 104 valence electrons. The largest absolute Gasteiger partial charge is 0.478 e. The smallest absolute Gasteiger partial charge is 0.339 e. The van der Waals surface area contributed by atoms with Crippen LogP contribution in [0.25, 0.3) is 0 Å². The number of carboxylic acid groups (broad SMARTS) is 1. The minimum atomic E-state index is -1.21. The third kappa shape index (κ3) is 3.48. The van der Waals surface area contributed by atoms with Gasteiger partial charge < -0.3 is 5.11 Å². The van der Waals surface area contributed by atoms with E-state index in [0.29, 0.717) is 11.4 Å². The maximum Gasteiger partial charge on any atom is 0.339 e. The van der Waals surface area contributed by atoms with Crippen LogP contribution in [0.3, 0.4) is 0 Å². The molecule has 0 saturated carbocycles. The number of rotatable bonds is 5. The van der Waals surface area contributed by atoms with Crippen LogP contribution in [0, 0.1) is 6.92 Å². The SMILES string of the molecule is Cc1ccccc1CS(=O)Cc1ncncc1C(=O)O. The summed E-state index contributed by atoms with van der Waals surface area (Å²) in [7, 11) is -1.21. The number of carboxylic acids is 1. The molecule has 2 aromatic rings. The second kappa shape index (κ2) is 6.38. The van der Waals surface area contributed by atoms with E-state index in [1.165, 1.54) is 12.5 Å². The van der Waals surface area contributed by atoms with Crippen LogP contribution in [0.15, 0.2) is 36.8 Å². The number of hydrogen-bond acceptors (Lipinski definition) is 4. The van der Waals surface area contributed by atoms with Gasteiger partial charge in [0.2, 0.25) is 0 Å². The van der Waals surface area contributed by atoms with Crippen molar-refractivity contribution < 1.29 is 14.1 Å². The Morgan fingerprint density at radius 3 is 2.75 bits per heavy atom. The Kier molecular flexibility index (Phi) is 4.57. The van der Waals surface area contributed by atoms with E-state index in [1.807, 2.05) is 31.2 Å². The first-order valence-electron chi connectivity index (χ1n) is 5.99. The fourth-order valence-electron chi connectivity index (χ4n) is 1.80. The van der Waals surface area contributed by atoms with E-state index < -0.39 is 16.8 Å². The Bertz CT molecular complexity index is 658. The average molecular weight is 290 g/mol. The quantitative estimate of drug-likeness (QED) is 0.910. The van der Waals surface area contributed by atoms with Crippen LogP contribution < -0.4 is 0 Å². The molecule has 0 aliphatic carbocycles. The Morgan fingerprint density at radius 1 is 1.30 bits per heavy atom. The van der Waals surface area contributed by atoms with Crippen LogP contribution in [0.2, 0.25) is 0 Å². The Morgan fingerprint density at radius 2 is 2.05 bits per heavy atom. The molecular formula is C14H14N2O3S. The monoisotopic (exact) mass is 290 g/mol. The predicted molar refractivity (Wildman–Crippen MR) is 75.7 cm³/mol. The normalized spacial score (nSPS) is 12.1. The van der Waals surface area contributed by atoms with Gasteiger partial charge >= 0.3 is 5.97 Å². The molecule has 0 spiro atoms. The second-order valence-electron chi connectivity index (χ2n) is 4.34. The average Bonchev–Trinajstić information content (AvgIpc) is 2.41. The summed E-state index contributed by atoms with van der Waals surface area (Å²) < 4.78 is 12.2. The van der Waals surface area contributed by atoms with Gasteiger partial charge in [-0.3, -0.25) is 4.21 Å². The zero-order chi connectivity index (χ0) is 14.5. The highest BCUT2D eigenvalue weighted by atomic mass is 32.2. The molecule has 0 saturated heterocycles. The summed E-state index contributed by atoms with van der Waals surface area (Å²) in [5.74, 6) is -0.609. The summed E-state index contributed by atoms with van der Waals surface area (Å²) in [4.78, 5) is 18.6. The lowest BCUT2D eigenvalue weighted by molar-refractivity contribution is 0.0695. The topological polar surface area (TPSA) is 80.2 Å². The molecule has 0 aliphatic rings. The summed E-state index contributed by atoms with van der Waals surface area (Å²) in [5, 5.41) is 9.03. The van der Waals surface area contributed by atoms with Crippen molar-refractivity contribution in [2.24, 2.45) is 0 Å². The molecule has 20 heavy (non-hydrogen) atoms. The number of aromatic nitrogens is 2. The molecule has 1 N–H and O–H groups in total. The van der Waals surface area contributed by atoms with Gasteiger partial charge in [-0.2, -0.15) is 0 Å². The lowest BCUT2D eigenvalue weighted by Crippen LogP contribution is -2.09. The van der Waals surface area contributed by atoms with Crippen molar-refractivity contribution in [2.45, 2.75) is 18.4 Å². The number of aromatic carboxylic acids is 1. The number of hydrogen-bond donors (Lipinski definition) is 1. The molecule has 5 nitrogen and oxygen atoms in total. The third-order valence-electron chi connectivity index (χ3n) is 2.90. The highest BCUT2D eigenvalue weighted by Gasteiger charge is 2.14. The molecule has 1 aromatic heterocycles. The Hall–Kier alpha value is -2.08. The number of benzene rings is 1. The summed E-state index contributed by atoms with van der Waals surface area (Å²) in [6, 6.07) is 7.70. The first-order valence-corrected chi connectivity index (χ1v) is 7.48. The molecule has 2 rings (SSSR count). The fourth-order valence-corrected chi connectivity index (χ4v) is 3.11. The van der Waals surface area contributed by atoms with Gasteiger partial charge in [-0.1, -0.05) is 24.3 Å². The van der Waals surface area contributed by atoms with Crippen LogP contribution in [0.4, 0.5) is 0 Å². The molecule has 0 aliphatic heterocycles. The predicted octanol–water partition coefficient (Wildman–Crippen LogP) is 1.93. The van der Waals surface area contributed by atoms with E-state index in [9.17, 15) is 9.00 Å². The van der Waals surface area contributed by atoms with Crippen LogP contribution in [0.5, 0.6) is 0 Å². The molecule has 0 fully saturated rings. The summed E-state index contributed by atoms with van der Waals surface area (Å²) in [5.41, 5.74) is 2.38. The minimum Gasteiger partial charge on any atom is -0.478 e. The summed E-state index contributed by atoms with van der Waals surface area (Å²) >= 11 is 0. The molecular weight excluding hydrogens is 276 g/mol. The molecule has 1 unspecified atom stereocenters. The molecule has 0 bridgehead atoms. The van der Waals surface area contributed by atoms with Gasteiger partial charge in [0.05, 0.1) is 11.4 Å². The van der Waals surface area contributed by atoms with Gasteiger partial charge in [0.15, 0.2) is 0 Å². The standard InChI is InChI=1S/C14H14N2O3S/c1-10-4-2-3-5-11(10)7-20(19)8-13-12(14(17)18)6-15-9-16-13/h2-6,9H,7-8H2,1H3,(H,17,18). The van der Waals surface area contributed by atoms with Crippen molar-refractivity contribution in [3.8, 4) is 0 Å². The van der Waals surface area contributed by atoms with Gasteiger partial charge in [-0.15, -0.1) is 0 Å². The van der Waals surface area contributed by atoms with Crippen molar-refractivity contribution in [3.63, 3.8) is 0 Å². The second-order valence-corrected chi connectivity index (χ2v) is 5.80. The van der Waals surface area contributed by atoms with Gasteiger partial charge in [0.25, 0.3) is 0 Å². The van der Waals surface area contributed by atoms with Crippen molar-refractivity contribution in [3.05, 3.63) is 59.2 Å². The molecule has 0 radical (unpaired) electrons. The van der Waals surface area contributed by atoms with Gasteiger partial charge in [-0.05, 0) is 18.1 Å². The molecule has 0 amide bonds. The lowest BCUT2D eigenvalue weighted by atomic mass is 10.1. The molecule has 6 heteroatoms. The zero-order valence-corrected chi connectivity index (χ0v) is 11.8. The van der Waals surface area contributed by atoms with Crippen molar-refractivity contribution in [1.82, 2.24) is 9.97 Å². The van der Waals surface area contributed by atoms with E-state index in [2.05, 4.69) is 9.97 Å². The van der Waals surface area contributed by atoms with Gasteiger partial charge in [-0.25, -0.2) is 14.8 Å². The van der Waals surface area contributed by atoms with Gasteiger partial charge in [0.1, 0.15) is 11.9 Å². The van der Waals surface area contributed by atoms with Crippen LogP contribution in [-0.4, -0.2) is 25.3 Å². The summed E-state index contributed by atoms with van der Waals surface area (Å²) in [6.45, 7) is 1.96. The molecule has 1 aromatic carbocycles. The Labute approximate surface area is 119 Å². The van der Waals surface area contributed by atoms with Crippen molar-refractivity contribution in [1.29, 1.82) is 0 Å².